The van der Waals surface area contributed by atoms with Crippen molar-refractivity contribution in [2.24, 2.45) is 0 Å². The van der Waals surface area contributed by atoms with Crippen LogP contribution in [0.3, 0.4) is 0 Å². The second kappa shape index (κ2) is 7.03. The molecule has 132 valence electrons. The van der Waals surface area contributed by atoms with Crippen LogP contribution in [0.4, 0.5) is 9.52 Å². The molecule has 0 saturated carbocycles. The van der Waals surface area contributed by atoms with Crippen molar-refractivity contribution in [1.82, 2.24) is 19.4 Å². The molecule has 3 heterocycles. The molecule has 4 rings (SSSR count). The summed E-state index contributed by atoms with van der Waals surface area (Å²) < 4.78 is 27.8. The van der Waals surface area contributed by atoms with Crippen LogP contribution >= 0.6 is 11.5 Å². The lowest BCUT2D eigenvalue weighted by atomic mass is 10.2. The second-order valence-corrected chi connectivity index (χ2v) is 6.69. The standard InChI is InChI=1S/C16H18FN5O2S/c1-23-10-15-18-16(25-20-15)22-6-4-21(5-7-22)9-13-12-3-2-11(17)8-14(12)24-19-13/h2-3,8H,4-7,9-10H2,1H3. The minimum absolute atomic E-state index is 0.311. The third-order valence-corrected chi connectivity index (χ3v) is 5.07. The monoisotopic (exact) mass is 363 g/mol. The van der Waals surface area contributed by atoms with E-state index in [0.717, 1.165) is 48.2 Å². The van der Waals surface area contributed by atoms with Crippen LogP contribution in [-0.4, -0.2) is 52.7 Å². The molecule has 0 N–H and O–H groups in total. The first kappa shape index (κ1) is 16.4. The maximum atomic E-state index is 13.2. The summed E-state index contributed by atoms with van der Waals surface area (Å²) in [6, 6.07) is 4.54. The van der Waals surface area contributed by atoms with Crippen molar-refractivity contribution in [3.63, 3.8) is 0 Å². The Morgan fingerprint density at radius 2 is 2.12 bits per heavy atom. The number of piperazine rings is 1. The topological polar surface area (TPSA) is 67.5 Å². The molecule has 1 fully saturated rings. The van der Waals surface area contributed by atoms with Gasteiger partial charge in [-0.25, -0.2) is 9.37 Å². The first-order valence-electron chi connectivity index (χ1n) is 8.05. The predicted molar refractivity (Wildman–Crippen MR) is 92.1 cm³/mol. The molecule has 0 spiro atoms. The molecule has 0 atom stereocenters. The van der Waals surface area contributed by atoms with Crippen LogP contribution in [0, 0.1) is 5.82 Å². The Hall–Kier alpha value is -2.10. The first-order valence-corrected chi connectivity index (χ1v) is 8.83. The number of hydrogen-bond donors (Lipinski definition) is 0. The lowest BCUT2D eigenvalue weighted by Crippen LogP contribution is -2.46. The minimum atomic E-state index is -0.311. The van der Waals surface area contributed by atoms with Gasteiger partial charge in [-0.3, -0.25) is 4.90 Å². The van der Waals surface area contributed by atoms with Gasteiger partial charge in [-0.2, -0.15) is 4.37 Å². The maximum Gasteiger partial charge on any atom is 0.205 e. The Morgan fingerprint density at radius 3 is 2.92 bits per heavy atom. The van der Waals surface area contributed by atoms with E-state index < -0.39 is 0 Å². The highest BCUT2D eigenvalue weighted by Crippen LogP contribution is 2.23. The van der Waals surface area contributed by atoms with Crippen LogP contribution in [0.5, 0.6) is 0 Å². The van der Waals surface area contributed by atoms with Crippen LogP contribution in [0.1, 0.15) is 11.5 Å². The van der Waals surface area contributed by atoms with Crippen molar-refractivity contribution in [3.05, 3.63) is 35.5 Å². The molecule has 9 heteroatoms. The van der Waals surface area contributed by atoms with Crippen LogP contribution in [0.15, 0.2) is 22.7 Å². The van der Waals surface area contributed by atoms with E-state index >= 15 is 0 Å². The number of methoxy groups -OCH3 is 1. The normalized spacial score (nSPS) is 16.0. The molecule has 1 aliphatic rings. The molecule has 2 aromatic heterocycles. The van der Waals surface area contributed by atoms with Gasteiger partial charge in [0.05, 0.1) is 0 Å². The highest BCUT2D eigenvalue weighted by molar-refractivity contribution is 7.09. The van der Waals surface area contributed by atoms with Crippen LogP contribution in [0.25, 0.3) is 11.0 Å². The van der Waals surface area contributed by atoms with E-state index in [2.05, 4.69) is 24.3 Å². The number of aromatic nitrogens is 3. The SMILES string of the molecule is COCc1nsc(N2CCN(Cc3noc4cc(F)ccc34)CC2)n1. The van der Waals surface area contributed by atoms with Crippen molar-refractivity contribution in [3.8, 4) is 0 Å². The smallest absolute Gasteiger partial charge is 0.205 e. The summed E-state index contributed by atoms with van der Waals surface area (Å²) in [5, 5.41) is 5.91. The zero-order chi connectivity index (χ0) is 17.2. The zero-order valence-corrected chi connectivity index (χ0v) is 14.6. The molecule has 1 aliphatic heterocycles. The highest BCUT2D eigenvalue weighted by atomic mass is 32.1. The summed E-state index contributed by atoms with van der Waals surface area (Å²) >= 11 is 1.41. The second-order valence-electron chi connectivity index (χ2n) is 5.96. The van der Waals surface area contributed by atoms with Crippen molar-refractivity contribution in [2.75, 3.05) is 38.2 Å². The highest BCUT2D eigenvalue weighted by Gasteiger charge is 2.22. The Labute approximate surface area is 148 Å². The zero-order valence-electron chi connectivity index (χ0n) is 13.8. The fourth-order valence-corrected chi connectivity index (χ4v) is 3.67. The summed E-state index contributed by atoms with van der Waals surface area (Å²) in [4.78, 5) is 9.05. The third-order valence-electron chi connectivity index (χ3n) is 4.26. The van der Waals surface area contributed by atoms with Gasteiger partial charge in [-0.15, -0.1) is 0 Å². The number of ether oxygens (including phenoxy) is 1. The van der Waals surface area contributed by atoms with E-state index in [1.165, 1.54) is 23.7 Å². The van der Waals surface area contributed by atoms with Gasteiger partial charge in [-0.05, 0) is 12.1 Å². The molecule has 0 amide bonds. The van der Waals surface area contributed by atoms with Gasteiger partial charge in [0, 0.05) is 62.8 Å². The fraction of sp³-hybridized carbons (Fsp3) is 0.438. The van der Waals surface area contributed by atoms with Crippen molar-refractivity contribution < 1.29 is 13.7 Å². The van der Waals surface area contributed by atoms with Gasteiger partial charge in [0.25, 0.3) is 0 Å². The van der Waals surface area contributed by atoms with Gasteiger partial charge >= 0.3 is 0 Å². The Kier molecular flexibility index (Phi) is 4.60. The van der Waals surface area contributed by atoms with Gasteiger partial charge < -0.3 is 14.2 Å². The number of fused-ring (bicyclic) bond motifs is 1. The molecular weight excluding hydrogens is 345 g/mol. The number of rotatable bonds is 5. The molecule has 1 aromatic carbocycles. The molecule has 1 saturated heterocycles. The summed E-state index contributed by atoms with van der Waals surface area (Å²) in [6.07, 6.45) is 0. The van der Waals surface area contributed by atoms with Crippen molar-refractivity contribution in [1.29, 1.82) is 0 Å². The van der Waals surface area contributed by atoms with Crippen molar-refractivity contribution in [2.45, 2.75) is 13.2 Å². The summed E-state index contributed by atoms with van der Waals surface area (Å²) in [5.41, 5.74) is 1.34. The van der Waals surface area contributed by atoms with E-state index in [0.29, 0.717) is 18.7 Å². The van der Waals surface area contributed by atoms with Gasteiger partial charge in [0.1, 0.15) is 18.1 Å². The Balaban J connectivity index is 1.38. The lowest BCUT2D eigenvalue weighted by molar-refractivity contribution is 0.179. The number of anilines is 1. The number of nitrogens with zero attached hydrogens (tertiary/aromatic N) is 5. The minimum Gasteiger partial charge on any atom is -0.377 e. The average molecular weight is 363 g/mol. The quantitative estimate of drug-likeness (QED) is 0.689. The summed E-state index contributed by atoms with van der Waals surface area (Å²) in [6.45, 7) is 4.69. The van der Waals surface area contributed by atoms with E-state index in [1.54, 1.807) is 13.2 Å². The third kappa shape index (κ3) is 3.48. The number of halogens is 1. The molecule has 25 heavy (non-hydrogen) atoms. The molecule has 0 unspecified atom stereocenters. The first-order chi connectivity index (χ1) is 12.2. The van der Waals surface area contributed by atoms with E-state index in [4.69, 9.17) is 9.26 Å². The summed E-state index contributed by atoms with van der Waals surface area (Å²) in [7, 11) is 1.64. The molecule has 0 aliphatic carbocycles. The molecular formula is C16H18FN5O2S. The number of hydrogen-bond acceptors (Lipinski definition) is 8. The van der Waals surface area contributed by atoms with E-state index in [-0.39, 0.29) is 5.82 Å². The van der Waals surface area contributed by atoms with E-state index in [9.17, 15) is 4.39 Å². The largest absolute Gasteiger partial charge is 0.377 e. The van der Waals surface area contributed by atoms with Crippen LogP contribution < -0.4 is 4.90 Å². The maximum absolute atomic E-state index is 13.2. The molecule has 0 radical (unpaired) electrons. The average Bonchev–Trinajstić information content (AvgIpc) is 3.23. The van der Waals surface area contributed by atoms with Crippen LogP contribution in [-0.2, 0) is 17.9 Å². The number of benzene rings is 1. The fourth-order valence-electron chi connectivity index (χ4n) is 2.95. The predicted octanol–water partition coefficient (Wildman–Crippen LogP) is 2.29. The molecule has 3 aromatic rings. The van der Waals surface area contributed by atoms with E-state index in [1.807, 2.05) is 0 Å². The van der Waals surface area contributed by atoms with Gasteiger partial charge in [-0.1, -0.05) is 5.16 Å². The van der Waals surface area contributed by atoms with Gasteiger partial charge in [0.15, 0.2) is 11.4 Å². The Morgan fingerprint density at radius 1 is 1.28 bits per heavy atom. The van der Waals surface area contributed by atoms with Crippen LogP contribution in [0.2, 0.25) is 0 Å². The summed E-state index contributed by atoms with van der Waals surface area (Å²) in [5.74, 6) is 0.417. The Bertz CT molecular complexity index is 859. The van der Waals surface area contributed by atoms with Crippen molar-refractivity contribution >= 4 is 27.6 Å². The molecule has 7 nitrogen and oxygen atoms in total. The molecule has 0 bridgehead atoms. The van der Waals surface area contributed by atoms with Gasteiger partial charge in [0.2, 0.25) is 5.13 Å². The lowest BCUT2D eigenvalue weighted by Gasteiger charge is -2.33.